The van der Waals surface area contributed by atoms with Crippen molar-refractivity contribution in [3.8, 4) is 11.3 Å². The van der Waals surface area contributed by atoms with E-state index in [9.17, 15) is 23.2 Å². The van der Waals surface area contributed by atoms with Crippen molar-refractivity contribution in [3.05, 3.63) is 89.7 Å². The molecule has 2 heterocycles. The first-order valence-corrected chi connectivity index (χ1v) is 21.5. The predicted octanol–water partition coefficient (Wildman–Crippen LogP) is 6.26. The van der Waals surface area contributed by atoms with Crippen molar-refractivity contribution in [3.63, 3.8) is 0 Å². The van der Waals surface area contributed by atoms with E-state index in [1.54, 1.807) is 24.1 Å². The van der Waals surface area contributed by atoms with Gasteiger partial charge in [0.25, 0.3) is 5.91 Å². The monoisotopic (exact) mass is 897 g/mol. The van der Waals surface area contributed by atoms with Crippen LogP contribution in [0, 0.1) is 24.4 Å². The summed E-state index contributed by atoms with van der Waals surface area (Å²) in [6.45, 7) is 11.7. The Kier molecular flexibility index (Phi) is 20.0. The summed E-state index contributed by atoms with van der Waals surface area (Å²) in [5.41, 5.74) is 1.01. The number of halogens is 3. The molecule has 0 bridgehead atoms. The van der Waals surface area contributed by atoms with Gasteiger partial charge in [-0.15, -0.1) is 6.58 Å². The number of hydrogen-bond acceptors (Lipinski definition) is 13. The van der Waals surface area contributed by atoms with Crippen molar-refractivity contribution in [2.75, 3.05) is 71.4 Å². The molecule has 63 heavy (non-hydrogen) atoms. The maximum atomic E-state index is 15.1. The number of allylic oxidation sites excluding steroid dienone is 1. The summed E-state index contributed by atoms with van der Waals surface area (Å²) in [4.78, 5) is 51.7. The van der Waals surface area contributed by atoms with E-state index in [0.29, 0.717) is 62.4 Å². The number of nitrogens with one attached hydrogen (secondary N) is 4. The van der Waals surface area contributed by atoms with Crippen LogP contribution in [-0.2, 0) is 14.3 Å². The molecule has 1 aliphatic rings. The Morgan fingerprint density at radius 3 is 2.40 bits per heavy atom. The van der Waals surface area contributed by atoms with Crippen LogP contribution in [0.4, 0.5) is 24.8 Å². The van der Waals surface area contributed by atoms with Crippen molar-refractivity contribution in [2.45, 2.75) is 69.8 Å². The zero-order chi connectivity index (χ0) is 46.1. The van der Waals surface area contributed by atoms with Crippen LogP contribution >= 0.6 is 11.9 Å². The van der Waals surface area contributed by atoms with Crippen molar-refractivity contribution >= 4 is 52.7 Å². The number of fused-ring (bicyclic) bond motifs is 1. The smallest absolute Gasteiger partial charge is 0.255 e. The van der Waals surface area contributed by atoms with Gasteiger partial charge in [0, 0.05) is 62.8 Å². The van der Waals surface area contributed by atoms with Crippen LogP contribution in [0.5, 0.6) is 0 Å². The van der Waals surface area contributed by atoms with E-state index in [4.69, 9.17) is 14.6 Å². The highest BCUT2D eigenvalue weighted by Crippen LogP contribution is 2.31. The van der Waals surface area contributed by atoms with E-state index < -0.39 is 29.4 Å². The molecule has 2 amide bonds. The molecule has 2 aromatic heterocycles. The Morgan fingerprint density at radius 1 is 1.02 bits per heavy atom. The zero-order valence-electron chi connectivity index (χ0n) is 36.6. The first-order valence-electron chi connectivity index (χ1n) is 20.6. The van der Waals surface area contributed by atoms with Gasteiger partial charge in [-0.05, 0) is 70.7 Å². The van der Waals surface area contributed by atoms with Gasteiger partial charge in [-0.3, -0.25) is 19.1 Å². The summed E-state index contributed by atoms with van der Waals surface area (Å²) in [6.07, 6.45) is 9.78. The number of carbonyl (C=O) groups excluding carboxylic acids is 3. The topological polar surface area (TPSA) is 185 Å². The third kappa shape index (κ3) is 13.6. The molecule has 5 N–H and O–H groups in total. The van der Waals surface area contributed by atoms with Gasteiger partial charge in [0.15, 0.2) is 17.9 Å². The van der Waals surface area contributed by atoms with Gasteiger partial charge in [-0.25, -0.2) is 28.1 Å². The average molecular weight is 898 g/mol. The lowest BCUT2D eigenvalue weighted by molar-refractivity contribution is -0.125. The molecule has 0 spiro atoms. The number of likely N-dealkylation sites (N-methyl/N-ethyl adjacent to an activating group) is 2. The van der Waals surface area contributed by atoms with Crippen LogP contribution in [0.3, 0.4) is 0 Å². The fourth-order valence-corrected chi connectivity index (χ4v) is 7.85. The number of anilines is 2. The number of amides is 2. The molecular formula is C44H58F3N9O6S. The highest BCUT2D eigenvalue weighted by molar-refractivity contribution is 7.98. The predicted molar refractivity (Wildman–Crippen MR) is 240 cm³/mol. The molecule has 0 radical (unpaired) electrons. The van der Waals surface area contributed by atoms with Crippen LogP contribution in [0.2, 0.25) is 0 Å². The summed E-state index contributed by atoms with van der Waals surface area (Å²) >= 11 is 1.60. The van der Waals surface area contributed by atoms with Gasteiger partial charge in [-0.2, -0.15) is 0 Å². The van der Waals surface area contributed by atoms with Crippen LogP contribution in [0.15, 0.2) is 55.3 Å². The second-order valence-electron chi connectivity index (χ2n) is 14.7. The molecular weight excluding hydrogens is 840 g/mol. The van der Waals surface area contributed by atoms with E-state index >= 15 is 4.39 Å². The Bertz CT molecular complexity index is 2210. The fourth-order valence-electron chi connectivity index (χ4n) is 7.02. The Hall–Kier alpha value is -5.34. The lowest BCUT2D eigenvalue weighted by Gasteiger charge is -2.27. The maximum Gasteiger partial charge on any atom is 0.255 e. The minimum Gasteiger partial charge on any atom is -0.400 e. The van der Waals surface area contributed by atoms with Gasteiger partial charge in [0.1, 0.15) is 28.9 Å². The second kappa shape index (κ2) is 25.1. The van der Waals surface area contributed by atoms with Crippen LogP contribution in [0.25, 0.3) is 22.3 Å². The first-order chi connectivity index (χ1) is 30.4. The molecule has 0 saturated heterocycles. The number of aldehydes is 1. The number of ether oxygens (including phenoxy) is 2. The van der Waals surface area contributed by atoms with Gasteiger partial charge in [0.2, 0.25) is 11.9 Å². The van der Waals surface area contributed by atoms with Crippen LogP contribution < -0.4 is 20.7 Å². The molecule has 0 saturated carbocycles. The molecule has 0 aliphatic heterocycles. The number of aliphatic hydroxyl groups excluding tert-OH is 1. The standard InChI is InChI=1S/C43H54F3N9O5S.CH4O/c1-7-8-9-37(41(57)47-5)54(6)42(58)32-23-36(33(44)21-29(32)25-56)48-14-16-59-18-19-60-17-15-50-61-31-12-10-30(11-13-31)52-43-49-24-35(46)39(53-43)28-20-34(45)40-38(22-28)55(26(2)3)27(4)51-40;1-2/h7,10,12,20-26,30-31,37,48,50H,1,8-9,11,13-19H2,2-6H3,(H,47,57)(H,49,52,53);2H,1H3. The first kappa shape index (κ1) is 50.3. The molecule has 5 rings (SSSR count). The van der Waals surface area contributed by atoms with Gasteiger partial charge in [0.05, 0.1) is 49.4 Å². The number of carbonyl (C=O) groups is 3. The summed E-state index contributed by atoms with van der Waals surface area (Å²) in [5.74, 6) is -1.91. The highest BCUT2D eigenvalue weighted by Gasteiger charge is 2.28. The maximum absolute atomic E-state index is 15.1. The molecule has 2 aromatic carbocycles. The quantitative estimate of drug-likeness (QED) is 0.0244. The van der Waals surface area contributed by atoms with E-state index in [0.717, 1.165) is 32.2 Å². The molecule has 0 fully saturated rings. The van der Waals surface area contributed by atoms with E-state index in [-0.39, 0.29) is 70.4 Å². The summed E-state index contributed by atoms with van der Waals surface area (Å²) < 4.78 is 61.4. The van der Waals surface area contributed by atoms with Crippen LogP contribution in [-0.4, -0.2) is 126 Å². The molecule has 19 heteroatoms. The molecule has 15 nitrogen and oxygen atoms in total. The lowest BCUT2D eigenvalue weighted by atomic mass is 10.0. The van der Waals surface area contributed by atoms with Crippen molar-refractivity contribution in [1.82, 2.24) is 34.5 Å². The van der Waals surface area contributed by atoms with Crippen molar-refractivity contribution in [1.29, 1.82) is 0 Å². The van der Waals surface area contributed by atoms with Gasteiger partial charge >= 0.3 is 0 Å². The summed E-state index contributed by atoms with van der Waals surface area (Å²) in [6, 6.07) is 4.42. The third-order valence-corrected chi connectivity index (χ3v) is 11.2. The number of aliphatic hydroxyl groups is 1. The molecule has 342 valence electrons. The summed E-state index contributed by atoms with van der Waals surface area (Å²) in [5, 5.41) is 15.9. The SMILES string of the molecule is C=CCCC(C(=O)NC)N(C)C(=O)c1cc(NCCOCCOCCNSC2C=CC(Nc3ncc(F)c(-c4cc(F)c5nc(C)n(C(C)C)c5c4)n3)CC2)c(F)cc1C=O.CO. The number of benzene rings is 2. The fraction of sp³-hybridized carbons (Fsp3) is 0.455. The largest absolute Gasteiger partial charge is 0.400 e. The van der Waals surface area contributed by atoms with Gasteiger partial charge < -0.3 is 40.0 Å². The Balaban J connectivity index is 0.00000429. The third-order valence-electron chi connectivity index (χ3n) is 10.1. The number of hydrogen-bond donors (Lipinski definition) is 5. The number of imidazole rings is 1. The van der Waals surface area contributed by atoms with Gasteiger partial charge in [-0.1, -0.05) is 30.2 Å². The molecule has 3 unspecified atom stereocenters. The minimum atomic E-state index is -0.800. The number of aromatic nitrogens is 4. The Morgan fingerprint density at radius 2 is 1.75 bits per heavy atom. The van der Waals surface area contributed by atoms with Crippen LogP contribution in [0.1, 0.15) is 72.1 Å². The Labute approximate surface area is 370 Å². The zero-order valence-corrected chi connectivity index (χ0v) is 37.4. The lowest BCUT2D eigenvalue weighted by Crippen LogP contribution is -2.47. The number of aryl methyl sites for hydroxylation is 1. The normalized spacial score (nSPS) is 15.1. The molecule has 1 aliphatic carbocycles. The molecule has 4 aromatic rings. The molecule has 3 atom stereocenters. The van der Waals surface area contributed by atoms with Crippen molar-refractivity contribution in [2.24, 2.45) is 0 Å². The van der Waals surface area contributed by atoms with E-state index in [1.807, 2.05) is 31.4 Å². The minimum absolute atomic E-state index is 0.00937. The second-order valence-corrected chi connectivity index (χ2v) is 15.8. The van der Waals surface area contributed by atoms with E-state index in [2.05, 4.69) is 48.3 Å². The van der Waals surface area contributed by atoms with Crippen molar-refractivity contribution < 1.29 is 42.1 Å². The number of nitrogens with zero attached hydrogens (tertiary/aromatic N) is 5. The average Bonchev–Trinajstić information content (AvgIpc) is 3.63. The number of rotatable bonds is 23. The summed E-state index contributed by atoms with van der Waals surface area (Å²) in [7, 11) is 3.94. The highest BCUT2D eigenvalue weighted by atomic mass is 32.2. The van der Waals surface area contributed by atoms with E-state index in [1.165, 1.54) is 31.1 Å².